The number of piperidine rings is 1. The average Bonchev–Trinajstić information content (AvgIpc) is 3.38. The molecule has 232 valence electrons. The van der Waals surface area contributed by atoms with E-state index in [-0.39, 0.29) is 10.8 Å². The molecule has 3 aliphatic heterocycles. The molecule has 0 spiro atoms. The lowest BCUT2D eigenvalue weighted by Gasteiger charge is -2.27. The van der Waals surface area contributed by atoms with Crippen LogP contribution >= 0.6 is 0 Å². The number of benzene rings is 2. The molecular formula is C41H54N3+. The van der Waals surface area contributed by atoms with Crippen molar-refractivity contribution in [2.24, 2.45) is 0 Å². The van der Waals surface area contributed by atoms with Gasteiger partial charge in [-0.15, -0.1) is 0 Å². The zero-order valence-electron chi connectivity index (χ0n) is 28.3. The predicted octanol–water partition coefficient (Wildman–Crippen LogP) is 9.84. The van der Waals surface area contributed by atoms with E-state index in [0.29, 0.717) is 0 Å². The van der Waals surface area contributed by atoms with Crippen molar-refractivity contribution in [3.8, 4) is 0 Å². The first-order chi connectivity index (χ1) is 21.3. The second-order valence-corrected chi connectivity index (χ2v) is 14.3. The van der Waals surface area contributed by atoms with E-state index in [1.165, 1.54) is 89.5 Å². The molecule has 0 bridgehead atoms. The lowest BCUT2D eigenvalue weighted by Crippen LogP contribution is -2.31. The van der Waals surface area contributed by atoms with Gasteiger partial charge in [0, 0.05) is 70.7 Å². The van der Waals surface area contributed by atoms with Gasteiger partial charge in [-0.25, -0.2) is 4.58 Å². The minimum absolute atomic E-state index is 0.00232. The van der Waals surface area contributed by atoms with Crippen molar-refractivity contribution >= 4 is 17.1 Å². The molecule has 1 saturated heterocycles. The number of hydrogen-bond acceptors (Lipinski definition) is 2. The summed E-state index contributed by atoms with van der Waals surface area (Å²) < 4.78 is 2.73. The number of para-hydroxylation sites is 2. The van der Waals surface area contributed by atoms with Crippen LogP contribution in [0.3, 0.4) is 0 Å². The third-order valence-corrected chi connectivity index (χ3v) is 10.6. The maximum Gasteiger partial charge on any atom is 0.206 e. The molecule has 44 heavy (non-hydrogen) atoms. The van der Waals surface area contributed by atoms with E-state index in [2.05, 4.69) is 129 Å². The Labute approximate surface area is 267 Å². The molecule has 0 radical (unpaired) electrons. The molecule has 6 rings (SSSR count). The van der Waals surface area contributed by atoms with Crippen LogP contribution < -0.4 is 9.80 Å². The van der Waals surface area contributed by atoms with Crippen molar-refractivity contribution < 1.29 is 4.58 Å². The molecule has 0 N–H and O–H groups in total. The molecule has 1 saturated carbocycles. The molecule has 0 atom stereocenters. The third kappa shape index (κ3) is 5.41. The Morgan fingerprint density at radius 2 is 1.07 bits per heavy atom. The first-order valence-electron chi connectivity index (χ1n) is 17.5. The lowest BCUT2D eigenvalue weighted by atomic mass is 9.82. The van der Waals surface area contributed by atoms with E-state index in [1.54, 1.807) is 0 Å². The van der Waals surface area contributed by atoms with Gasteiger partial charge in [0.15, 0.2) is 0 Å². The van der Waals surface area contributed by atoms with Gasteiger partial charge in [0.05, 0.1) is 0 Å². The number of nitrogens with zero attached hydrogens (tertiary/aromatic N) is 3. The molecular weight excluding hydrogens is 534 g/mol. The summed E-state index contributed by atoms with van der Waals surface area (Å²) >= 11 is 0. The SMILES string of the molecule is CCCN1C(=CC=C2CCC/C(=C\C=C3\N(CCC)c4ccccc4C3(C)C)C2=[N+]2CCCCC2)C(C)(C)c2ccccc21. The third-order valence-electron chi connectivity index (χ3n) is 10.6. The number of hydrogen-bond donors (Lipinski definition) is 0. The zero-order chi connectivity index (χ0) is 30.9. The summed E-state index contributed by atoms with van der Waals surface area (Å²) in [6.07, 6.45) is 19.7. The summed E-state index contributed by atoms with van der Waals surface area (Å²) in [5, 5.41) is 0. The fraction of sp³-hybridized carbons (Fsp3) is 0.488. The molecule has 2 aromatic carbocycles. The Morgan fingerprint density at radius 1 is 0.614 bits per heavy atom. The monoisotopic (exact) mass is 588 g/mol. The van der Waals surface area contributed by atoms with Crippen LogP contribution in [0.5, 0.6) is 0 Å². The topological polar surface area (TPSA) is 9.49 Å². The molecule has 2 aromatic rings. The molecule has 1 aliphatic carbocycles. The van der Waals surface area contributed by atoms with Gasteiger partial charge < -0.3 is 9.80 Å². The Bertz CT molecular complexity index is 1430. The van der Waals surface area contributed by atoms with Gasteiger partial charge in [-0.3, -0.25) is 0 Å². The maximum atomic E-state index is 2.73. The number of allylic oxidation sites excluding steroid dienone is 8. The Balaban J connectivity index is 1.42. The number of fused-ring (bicyclic) bond motifs is 2. The molecule has 4 aliphatic rings. The van der Waals surface area contributed by atoms with Gasteiger partial charge in [-0.05, 0) is 73.9 Å². The lowest BCUT2D eigenvalue weighted by molar-refractivity contribution is -0.536. The Kier molecular flexibility index (Phi) is 8.77. The Morgan fingerprint density at radius 3 is 1.52 bits per heavy atom. The fourth-order valence-electron chi connectivity index (χ4n) is 8.33. The molecule has 2 fully saturated rings. The fourth-order valence-corrected chi connectivity index (χ4v) is 8.33. The van der Waals surface area contributed by atoms with Crippen LogP contribution in [0.25, 0.3) is 0 Å². The molecule has 0 unspecified atom stereocenters. The van der Waals surface area contributed by atoms with Gasteiger partial charge in [0.1, 0.15) is 13.1 Å². The van der Waals surface area contributed by atoms with Crippen LogP contribution in [0.1, 0.15) is 104 Å². The van der Waals surface area contributed by atoms with Gasteiger partial charge >= 0.3 is 0 Å². The van der Waals surface area contributed by atoms with Crippen LogP contribution in [-0.4, -0.2) is 36.5 Å². The van der Waals surface area contributed by atoms with E-state index in [9.17, 15) is 0 Å². The van der Waals surface area contributed by atoms with Crippen LogP contribution in [0.15, 0.2) is 95.4 Å². The highest BCUT2D eigenvalue weighted by Crippen LogP contribution is 2.49. The highest BCUT2D eigenvalue weighted by atomic mass is 15.2. The van der Waals surface area contributed by atoms with Crippen molar-refractivity contribution in [3.05, 3.63) is 107 Å². The maximum absolute atomic E-state index is 2.73. The predicted molar refractivity (Wildman–Crippen MR) is 189 cm³/mol. The summed E-state index contributed by atoms with van der Waals surface area (Å²) in [5.41, 5.74) is 13.1. The largest absolute Gasteiger partial charge is 0.344 e. The summed E-state index contributed by atoms with van der Waals surface area (Å²) in [4.78, 5) is 5.16. The van der Waals surface area contributed by atoms with E-state index in [4.69, 9.17) is 0 Å². The first kappa shape index (κ1) is 30.7. The standard InChI is InChI=1S/C41H54N3/c1-7-27-43-35-21-12-10-19-33(35)40(3,4)37(43)25-23-31-17-16-18-32(39(31)42-29-14-9-15-30-42)24-26-38-41(5,6)34-20-11-13-22-36(34)44(38)28-8-2/h10-13,19-26H,7-9,14-18,27-30H2,1-6H3/q+1. The van der Waals surface area contributed by atoms with Gasteiger partial charge in [0.25, 0.3) is 0 Å². The number of anilines is 2. The average molecular weight is 589 g/mol. The second kappa shape index (κ2) is 12.6. The van der Waals surface area contributed by atoms with Crippen LogP contribution in [-0.2, 0) is 10.8 Å². The van der Waals surface area contributed by atoms with Gasteiger partial charge in [-0.2, -0.15) is 0 Å². The minimum Gasteiger partial charge on any atom is -0.344 e. The van der Waals surface area contributed by atoms with Crippen molar-refractivity contribution in [1.29, 1.82) is 0 Å². The number of rotatable bonds is 6. The van der Waals surface area contributed by atoms with E-state index >= 15 is 0 Å². The van der Waals surface area contributed by atoms with Gasteiger partial charge in [0.2, 0.25) is 5.71 Å². The highest BCUT2D eigenvalue weighted by Gasteiger charge is 2.40. The van der Waals surface area contributed by atoms with E-state index in [1.807, 2.05) is 0 Å². The molecule has 3 heterocycles. The summed E-state index contributed by atoms with van der Waals surface area (Å²) in [5.74, 6) is 0. The summed E-state index contributed by atoms with van der Waals surface area (Å²) in [7, 11) is 0. The van der Waals surface area contributed by atoms with Crippen LogP contribution in [0.2, 0.25) is 0 Å². The molecule has 3 nitrogen and oxygen atoms in total. The van der Waals surface area contributed by atoms with Crippen molar-refractivity contribution in [1.82, 2.24) is 0 Å². The molecule has 0 aromatic heterocycles. The van der Waals surface area contributed by atoms with E-state index in [0.717, 1.165) is 38.8 Å². The molecule has 3 heteroatoms. The quantitative estimate of drug-likeness (QED) is 0.311. The summed E-state index contributed by atoms with van der Waals surface area (Å²) in [6.45, 7) is 18.7. The highest BCUT2D eigenvalue weighted by molar-refractivity contribution is 6.10. The van der Waals surface area contributed by atoms with Crippen LogP contribution in [0.4, 0.5) is 11.4 Å². The molecule has 0 amide bonds. The zero-order valence-corrected chi connectivity index (χ0v) is 28.3. The van der Waals surface area contributed by atoms with E-state index < -0.39 is 0 Å². The van der Waals surface area contributed by atoms with Crippen molar-refractivity contribution in [2.45, 2.75) is 104 Å². The van der Waals surface area contributed by atoms with Gasteiger partial charge in [-0.1, -0.05) is 90.1 Å². The minimum atomic E-state index is -0.00232. The van der Waals surface area contributed by atoms with Crippen molar-refractivity contribution in [3.63, 3.8) is 0 Å². The normalized spacial score (nSPS) is 24.6. The summed E-state index contributed by atoms with van der Waals surface area (Å²) in [6, 6.07) is 18.1. The Hall–Kier alpha value is -3.33. The second-order valence-electron chi connectivity index (χ2n) is 14.3. The first-order valence-corrected chi connectivity index (χ1v) is 17.5. The van der Waals surface area contributed by atoms with Crippen LogP contribution in [0, 0.1) is 0 Å². The smallest absolute Gasteiger partial charge is 0.206 e. The van der Waals surface area contributed by atoms with Crippen molar-refractivity contribution in [2.75, 3.05) is 36.0 Å².